The third kappa shape index (κ3) is 3.59. The molecule has 0 aromatic carbocycles. The average Bonchev–Trinajstić information content (AvgIpc) is 2.36. The van der Waals surface area contributed by atoms with E-state index < -0.39 is 5.97 Å². The zero-order valence-corrected chi connectivity index (χ0v) is 11.0. The van der Waals surface area contributed by atoms with E-state index in [1.54, 1.807) is 20.1 Å². The minimum atomic E-state index is -0.420. The highest BCUT2D eigenvalue weighted by Crippen LogP contribution is 2.19. The van der Waals surface area contributed by atoms with Crippen molar-refractivity contribution in [3.05, 3.63) is 17.8 Å². The molecule has 0 spiro atoms. The molecule has 0 saturated heterocycles. The maximum absolute atomic E-state index is 11.8. The lowest BCUT2D eigenvalue weighted by Gasteiger charge is -2.20. The van der Waals surface area contributed by atoms with Gasteiger partial charge in [-0.2, -0.15) is 0 Å². The molecule has 0 aliphatic heterocycles. The molecule has 2 N–H and O–H groups in total. The van der Waals surface area contributed by atoms with Crippen molar-refractivity contribution < 1.29 is 14.3 Å². The van der Waals surface area contributed by atoms with Crippen LogP contribution in [0.4, 0.5) is 11.5 Å². The van der Waals surface area contributed by atoms with E-state index in [1.165, 1.54) is 6.20 Å². The monoisotopic (exact) mass is 253 g/mol. The molecule has 1 aromatic rings. The second kappa shape index (κ2) is 6.80. The summed E-state index contributed by atoms with van der Waals surface area (Å²) in [6.07, 6.45) is 1.52. The summed E-state index contributed by atoms with van der Waals surface area (Å²) in [4.78, 5) is 17.8. The van der Waals surface area contributed by atoms with Crippen LogP contribution in [0.3, 0.4) is 0 Å². The van der Waals surface area contributed by atoms with Crippen LogP contribution in [-0.4, -0.2) is 44.9 Å². The molecule has 0 fully saturated rings. The summed E-state index contributed by atoms with van der Waals surface area (Å²) in [5.41, 5.74) is 6.45. The zero-order chi connectivity index (χ0) is 13.5. The highest BCUT2D eigenvalue weighted by molar-refractivity contribution is 5.95. The SMILES string of the molecule is CCOC(=O)c1cc(N)cnc1N(C)CCOC. The summed E-state index contributed by atoms with van der Waals surface area (Å²) < 4.78 is 9.98. The van der Waals surface area contributed by atoms with Crippen molar-refractivity contribution in [2.75, 3.05) is 44.5 Å². The Bertz CT molecular complexity index is 410. The molecule has 1 rings (SSSR count). The molecule has 0 radical (unpaired) electrons. The van der Waals surface area contributed by atoms with Gasteiger partial charge < -0.3 is 20.1 Å². The number of rotatable bonds is 6. The van der Waals surface area contributed by atoms with Gasteiger partial charge >= 0.3 is 5.97 Å². The van der Waals surface area contributed by atoms with Gasteiger partial charge in [0, 0.05) is 20.7 Å². The molecular formula is C12H19N3O3. The van der Waals surface area contributed by atoms with E-state index in [2.05, 4.69) is 4.98 Å². The van der Waals surface area contributed by atoms with Gasteiger partial charge in [0.2, 0.25) is 0 Å². The van der Waals surface area contributed by atoms with E-state index in [4.69, 9.17) is 15.2 Å². The second-order valence-electron chi connectivity index (χ2n) is 3.77. The van der Waals surface area contributed by atoms with Crippen molar-refractivity contribution in [1.29, 1.82) is 0 Å². The summed E-state index contributed by atoms with van der Waals surface area (Å²) in [5, 5.41) is 0. The smallest absolute Gasteiger partial charge is 0.341 e. The minimum absolute atomic E-state index is 0.314. The number of esters is 1. The Labute approximate surface area is 107 Å². The van der Waals surface area contributed by atoms with Gasteiger partial charge in [-0.3, -0.25) is 0 Å². The summed E-state index contributed by atoms with van der Waals surface area (Å²) >= 11 is 0. The second-order valence-corrected chi connectivity index (χ2v) is 3.77. The Morgan fingerprint density at radius 3 is 2.89 bits per heavy atom. The molecule has 6 heteroatoms. The van der Waals surface area contributed by atoms with Gasteiger partial charge in [-0.1, -0.05) is 0 Å². The first-order chi connectivity index (χ1) is 8.60. The van der Waals surface area contributed by atoms with Crippen molar-refractivity contribution >= 4 is 17.5 Å². The fourth-order valence-electron chi connectivity index (χ4n) is 1.47. The van der Waals surface area contributed by atoms with Crippen LogP contribution in [0.1, 0.15) is 17.3 Å². The summed E-state index contributed by atoms with van der Waals surface area (Å²) in [7, 11) is 3.46. The Hall–Kier alpha value is -1.82. The van der Waals surface area contributed by atoms with Crippen LogP contribution in [0, 0.1) is 0 Å². The van der Waals surface area contributed by atoms with Crippen LogP contribution in [0.25, 0.3) is 0 Å². The number of ether oxygens (including phenoxy) is 2. The quantitative estimate of drug-likeness (QED) is 0.760. The van der Waals surface area contributed by atoms with Crippen molar-refractivity contribution in [3.63, 3.8) is 0 Å². The van der Waals surface area contributed by atoms with Crippen LogP contribution < -0.4 is 10.6 Å². The van der Waals surface area contributed by atoms with E-state index in [0.29, 0.717) is 36.8 Å². The van der Waals surface area contributed by atoms with Crippen molar-refractivity contribution in [1.82, 2.24) is 4.98 Å². The molecule has 1 heterocycles. The van der Waals surface area contributed by atoms with Crippen molar-refractivity contribution in [2.24, 2.45) is 0 Å². The molecule has 0 unspecified atom stereocenters. The number of nitrogens with zero attached hydrogens (tertiary/aromatic N) is 2. The molecule has 0 aliphatic carbocycles. The molecule has 18 heavy (non-hydrogen) atoms. The fraction of sp³-hybridized carbons (Fsp3) is 0.500. The van der Waals surface area contributed by atoms with Crippen LogP contribution in [0.15, 0.2) is 12.3 Å². The van der Waals surface area contributed by atoms with Gasteiger partial charge in [-0.15, -0.1) is 0 Å². The Balaban J connectivity index is 2.98. The number of hydrogen-bond acceptors (Lipinski definition) is 6. The number of nitrogens with two attached hydrogens (primary N) is 1. The van der Waals surface area contributed by atoms with E-state index in [-0.39, 0.29) is 0 Å². The largest absolute Gasteiger partial charge is 0.462 e. The number of nitrogen functional groups attached to an aromatic ring is 1. The van der Waals surface area contributed by atoms with E-state index in [1.807, 2.05) is 11.9 Å². The van der Waals surface area contributed by atoms with Crippen LogP contribution in [-0.2, 0) is 9.47 Å². The number of hydrogen-bond donors (Lipinski definition) is 1. The van der Waals surface area contributed by atoms with E-state index >= 15 is 0 Å². The Kier molecular flexibility index (Phi) is 5.38. The van der Waals surface area contributed by atoms with Crippen LogP contribution in [0.2, 0.25) is 0 Å². The van der Waals surface area contributed by atoms with Crippen LogP contribution >= 0.6 is 0 Å². The summed E-state index contributed by atoms with van der Waals surface area (Å²) in [6, 6.07) is 1.57. The average molecular weight is 253 g/mol. The van der Waals surface area contributed by atoms with Crippen LogP contribution in [0.5, 0.6) is 0 Å². The fourth-order valence-corrected chi connectivity index (χ4v) is 1.47. The lowest BCUT2D eigenvalue weighted by molar-refractivity contribution is 0.0526. The minimum Gasteiger partial charge on any atom is -0.462 e. The standard InChI is InChI=1S/C12H19N3O3/c1-4-18-12(16)10-7-9(13)8-14-11(10)15(2)5-6-17-3/h7-8H,4-6,13H2,1-3H3. The lowest BCUT2D eigenvalue weighted by Crippen LogP contribution is -2.25. The predicted octanol–water partition coefficient (Wildman–Crippen LogP) is 0.923. The van der Waals surface area contributed by atoms with E-state index in [0.717, 1.165) is 0 Å². The Morgan fingerprint density at radius 1 is 1.56 bits per heavy atom. The third-order valence-corrected chi connectivity index (χ3v) is 2.38. The molecule has 0 atom stereocenters. The van der Waals surface area contributed by atoms with Gasteiger partial charge in [0.25, 0.3) is 0 Å². The number of anilines is 2. The molecule has 1 aromatic heterocycles. The first-order valence-corrected chi connectivity index (χ1v) is 5.72. The normalized spacial score (nSPS) is 10.2. The molecule has 0 saturated carbocycles. The number of methoxy groups -OCH3 is 1. The molecule has 0 aliphatic rings. The molecular weight excluding hydrogens is 234 g/mol. The van der Waals surface area contributed by atoms with Gasteiger partial charge in [-0.05, 0) is 13.0 Å². The van der Waals surface area contributed by atoms with Gasteiger partial charge in [0.15, 0.2) is 0 Å². The van der Waals surface area contributed by atoms with Gasteiger partial charge in [0.1, 0.15) is 11.4 Å². The predicted molar refractivity (Wildman–Crippen MR) is 69.8 cm³/mol. The van der Waals surface area contributed by atoms with Gasteiger partial charge in [-0.25, -0.2) is 9.78 Å². The van der Waals surface area contributed by atoms with E-state index in [9.17, 15) is 4.79 Å². The molecule has 0 bridgehead atoms. The molecule has 100 valence electrons. The number of carbonyl (C=O) groups is 1. The summed E-state index contributed by atoms with van der Waals surface area (Å²) in [6.45, 7) is 3.24. The van der Waals surface area contributed by atoms with Crippen molar-refractivity contribution in [2.45, 2.75) is 6.92 Å². The lowest BCUT2D eigenvalue weighted by atomic mass is 10.2. The first kappa shape index (κ1) is 14.2. The third-order valence-electron chi connectivity index (χ3n) is 2.38. The number of pyridine rings is 1. The number of carbonyl (C=O) groups excluding carboxylic acids is 1. The maximum atomic E-state index is 11.8. The topological polar surface area (TPSA) is 77.7 Å². The number of likely N-dealkylation sites (N-methyl/N-ethyl adjacent to an activating group) is 1. The maximum Gasteiger partial charge on any atom is 0.341 e. The van der Waals surface area contributed by atoms with Gasteiger partial charge in [0.05, 0.1) is 25.1 Å². The first-order valence-electron chi connectivity index (χ1n) is 5.72. The van der Waals surface area contributed by atoms with Crippen molar-refractivity contribution in [3.8, 4) is 0 Å². The zero-order valence-electron chi connectivity index (χ0n) is 11.0. The summed E-state index contributed by atoms with van der Waals surface area (Å²) in [5.74, 6) is 0.122. The number of aromatic nitrogens is 1. The Morgan fingerprint density at radius 2 is 2.28 bits per heavy atom. The molecule has 6 nitrogen and oxygen atoms in total. The highest BCUT2D eigenvalue weighted by atomic mass is 16.5. The molecule has 0 amide bonds. The highest BCUT2D eigenvalue weighted by Gasteiger charge is 2.17.